The van der Waals surface area contributed by atoms with Gasteiger partial charge in [0.15, 0.2) is 6.67 Å². The van der Waals surface area contributed by atoms with Crippen LogP contribution in [0.15, 0.2) is 48.5 Å². The van der Waals surface area contributed by atoms with Crippen molar-refractivity contribution in [3.05, 3.63) is 104 Å². The highest BCUT2D eigenvalue weighted by Crippen LogP contribution is 2.43. The summed E-state index contributed by atoms with van der Waals surface area (Å²) in [5.41, 5.74) is 22.5. The molecule has 2 unspecified atom stereocenters. The molecule has 2 aliphatic rings. The summed E-state index contributed by atoms with van der Waals surface area (Å²) < 4.78 is 1.98. The second kappa shape index (κ2) is 12.2. The van der Waals surface area contributed by atoms with E-state index in [9.17, 15) is 0 Å². The van der Waals surface area contributed by atoms with Crippen molar-refractivity contribution < 1.29 is 4.48 Å². The third-order valence-electron chi connectivity index (χ3n) is 11.7. The Hall–Kier alpha value is -3.44. The molecule has 0 aliphatic carbocycles. The lowest BCUT2D eigenvalue weighted by molar-refractivity contribution is -0.932. The molecule has 0 amide bonds. The normalized spacial score (nSPS) is 21.1. The van der Waals surface area contributed by atoms with E-state index in [-0.39, 0.29) is 0 Å². The van der Waals surface area contributed by atoms with Crippen LogP contribution in [0.4, 0.5) is 11.4 Å². The van der Waals surface area contributed by atoms with Gasteiger partial charge in [-0.05, 0) is 162 Å². The maximum absolute atomic E-state index is 2.66. The zero-order valence-corrected chi connectivity index (χ0v) is 31.4. The van der Waals surface area contributed by atoms with E-state index in [0.717, 1.165) is 55.2 Å². The summed E-state index contributed by atoms with van der Waals surface area (Å²) in [6.45, 7) is 30.2. The highest BCUT2D eigenvalue weighted by atomic mass is 15.6. The van der Waals surface area contributed by atoms with Gasteiger partial charge in [0.1, 0.15) is 18.9 Å². The molecule has 0 saturated heterocycles. The Kier molecular flexibility index (Phi) is 8.70. The van der Waals surface area contributed by atoms with E-state index in [0.29, 0.717) is 0 Å². The van der Waals surface area contributed by atoms with E-state index < -0.39 is 0 Å². The molecule has 4 nitrogen and oxygen atoms in total. The second-order valence-corrected chi connectivity index (χ2v) is 15.6. The van der Waals surface area contributed by atoms with Gasteiger partial charge in [-0.2, -0.15) is 0 Å². The van der Waals surface area contributed by atoms with Crippen molar-refractivity contribution in [3.63, 3.8) is 0 Å². The summed E-state index contributed by atoms with van der Waals surface area (Å²) in [5, 5.41) is 0. The lowest BCUT2D eigenvalue weighted by Crippen LogP contribution is -2.69. The van der Waals surface area contributed by atoms with Gasteiger partial charge in [-0.25, -0.2) is 4.48 Å². The number of quaternary nitrogens is 2. The van der Waals surface area contributed by atoms with Crippen molar-refractivity contribution >= 4 is 11.4 Å². The number of rotatable bonds is 6. The van der Waals surface area contributed by atoms with Crippen molar-refractivity contribution in [1.29, 1.82) is 0 Å². The summed E-state index contributed by atoms with van der Waals surface area (Å²) in [7, 11) is 4.83. The van der Waals surface area contributed by atoms with E-state index in [2.05, 4.69) is 142 Å². The zero-order chi connectivity index (χ0) is 34.0. The molecular formula is C43H58N4+2. The molecule has 4 aromatic carbocycles. The molecule has 0 fully saturated rings. The molecule has 4 heteroatoms. The number of fused-ring (bicyclic) bond motifs is 2. The second-order valence-electron chi connectivity index (χ2n) is 15.6. The van der Waals surface area contributed by atoms with E-state index >= 15 is 0 Å². The minimum Gasteiger partial charge on any atom is -0.324 e. The number of hydrogen-bond acceptors (Lipinski definition) is 2. The average molecular weight is 631 g/mol. The largest absolute Gasteiger partial charge is 0.324 e. The first-order chi connectivity index (χ1) is 22.2. The van der Waals surface area contributed by atoms with Crippen LogP contribution in [0.1, 0.15) is 69.5 Å². The number of hydrogen-bond donors (Lipinski definition) is 0. The highest BCUT2D eigenvalue weighted by molar-refractivity contribution is 5.75. The first kappa shape index (κ1) is 33.5. The van der Waals surface area contributed by atoms with E-state index in [4.69, 9.17) is 0 Å². The molecule has 0 N–H and O–H groups in total. The molecule has 0 radical (unpaired) electrons. The fraction of sp³-hybridized carbons (Fsp3) is 0.442. The molecule has 2 heterocycles. The highest BCUT2D eigenvalue weighted by Gasteiger charge is 2.46. The standard InChI is InChI=1S/C43H58N4/c1-13-45-26-46(12,24-41-22-38(19-32(7)42(41)45)36-15-28(3)34(9)29(4)16-36)27-47(14-2)25-44(11)23-40-21-39(20-33(8)43(40)47)37-17-30(5)35(10)31(6)18-37/h15-22H,13-14,23-27H2,1-12H3/q+2. The fourth-order valence-corrected chi connectivity index (χ4v) is 9.11. The first-order valence-corrected chi connectivity index (χ1v) is 17.7. The van der Waals surface area contributed by atoms with Crippen molar-refractivity contribution in [2.24, 2.45) is 0 Å². The number of anilines is 1. The summed E-state index contributed by atoms with van der Waals surface area (Å²) in [6.07, 6.45) is 0. The molecular weight excluding hydrogens is 573 g/mol. The molecule has 2 atom stereocenters. The summed E-state index contributed by atoms with van der Waals surface area (Å²) in [6, 6.07) is 19.4. The Morgan fingerprint density at radius 1 is 0.596 bits per heavy atom. The average Bonchev–Trinajstić information content (AvgIpc) is 3.00. The minimum absolute atomic E-state index is 0.988. The topological polar surface area (TPSA) is 6.48 Å². The van der Waals surface area contributed by atoms with E-state index in [1.807, 2.05) is 0 Å². The first-order valence-electron chi connectivity index (χ1n) is 17.7. The maximum atomic E-state index is 2.66. The van der Waals surface area contributed by atoms with Crippen molar-refractivity contribution in [2.45, 2.75) is 82.3 Å². The molecule has 248 valence electrons. The molecule has 2 aliphatic heterocycles. The van der Waals surface area contributed by atoms with Crippen molar-refractivity contribution in [2.75, 3.05) is 52.1 Å². The third kappa shape index (κ3) is 5.94. The molecule has 0 aromatic heterocycles. The van der Waals surface area contributed by atoms with Crippen LogP contribution in [0.5, 0.6) is 0 Å². The number of aryl methyl sites for hydroxylation is 6. The van der Waals surface area contributed by atoms with Gasteiger partial charge in [0.05, 0.1) is 19.3 Å². The van der Waals surface area contributed by atoms with Crippen LogP contribution >= 0.6 is 0 Å². The Morgan fingerprint density at radius 3 is 1.57 bits per heavy atom. The molecule has 0 saturated carbocycles. The van der Waals surface area contributed by atoms with Crippen LogP contribution in [0.25, 0.3) is 22.3 Å². The Labute approximate surface area is 285 Å². The molecule has 47 heavy (non-hydrogen) atoms. The van der Waals surface area contributed by atoms with Gasteiger partial charge >= 0.3 is 0 Å². The molecule has 6 rings (SSSR count). The van der Waals surface area contributed by atoms with Crippen LogP contribution in [-0.4, -0.2) is 56.6 Å². The van der Waals surface area contributed by atoms with Gasteiger partial charge in [-0.3, -0.25) is 9.38 Å². The zero-order valence-electron chi connectivity index (χ0n) is 31.4. The lowest BCUT2D eigenvalue weighted by Gasteiger charge is -2.52. The summed E-state index contributed by atoms with van der Waals surface area (Å²) in [5.74, 6) is 0. The van der Waals surface area contributed by atoms with Crippen molar-refractivity contribution in [3.8, 4) is 22.3 Å². The van der Waals surface area contributed by atoms with Gasteiger partial charge in [0, 0.05) is 29.8 Å². The predicted molar refractivity (Wildman–Crippen MR) is 203 cm³/mol. The maximum Gasteiger partial charge on any atom is 0.214 e. The number of benzene rings is 4. The van der Waals surface area contributed by atoms with Gasteiger partial charge in [0.25, 0.3) is 0 Å². The van der Waals surface area contributed by atoms with Gasteiger partial charge in [-0.15, -0.1) is 0 Å². The number of nitrogens with zero attached hydrogens (tertiary/aromatic N) is 4. The van der Waals surface area contributed by atoms with Crippen LogP contribution in [0.3, 0.4) is 0 Å². The minimum atomic E-state index is 0.988. The quantitative estimate of drug-likeness (QED) is 0.196. The van der Waals surface area contributed by atoms with Crippen LogP contribution in [0.2, 0.25) is 0 Å². The Morgan fingerprint density at radius 2 is 1.06 bits per heavy atom. The molecule has 0 spiro atoms. The summed E-state index contributed by atoms with van der Waals surface area (Å²) in [4.78, 5) is 5.22. The smallest absolute Gasteiger partial charge is 0.214 e. The Bertz CT molecular complexity index is 1820. The van der Waals surface area contributed by atoms with Crippen LogP contribution in [0, 0.1) is 55.4 Å². The predicted octanol–water partition coefficient (Wildman–Crippen LogP) is 9.62. The van der Waals surface area contributed by atoms with Gasteiger partial charge < -0.3 is 4.90 Å². The third-order valence-corrected chi connectivity index (χ3v) is 11.7. The fourth-order valence-electron chi connectivity index (χ4n) is 9.11. The lowest BCUT2D eigenvalue weighted by atomic mass is 9.91. The van der Waals surface area contributed by atoms with Gasteiger partial charge in [-0.1, -0.05) is 24.3 Å². The Balaban J connectivity index is 1.42. The monoisotopic (exact) mass is 630 g/mol. The van der Waals surface area contributed by atoms with Crippen LogP contribution < -0.4 is 9.38 Å². The van der Waals surface area contributed by atoms with Crippen LogP contribution in [-0.2, 0) is 13.1 Å². The molecule has 0 bridgehead atoms. The van der Waals surface area contributed by atoms with Gasteiger partial charge in [0.2, 0.25) is 6.67 Å². The van der Waals surface area contributed by atoms with E-state index in [1.54, 1.807) is 5.69 Å². The molecule has 4 aromatic rings. The SMILES string of the molecule is CCN1C[N+](C)(C[N+]2(CC)CN(C)Cc3cc(-c4cc(C)c(C)c(C)c4)cc(C)c32)Cc2cc(-c3cc(C)c(C)c(C)c3)cc(C)c21. The van der Waals surface area contributed by atoms with E-state index in [1.165, 1.54) is 83.6 Å². The summed E-state index contributed by atoms with van der Waals surface area (Å²) >= 11 is 0. The van der Waals surface area contributed by atoms with Crippen molar-refractivity contribution in [1.82, 2.24) is 9.38 Å².